The molecular formula is C9H14. The fourth-order valence-electron chi connectivity index (χ4n) is 0.558. The third-order valence-electron chi connectivity index (χ3n) is 0.959. The molecule has 50 valence electrons. The summed E-state index contributed by atoms with van der Waals surface area (Å²) < 4.78 is 0. The van der Waals surface area contributed by atoms with Crippen LogP contribution in [0.25, 0.3) is 0 Å². The van der Waals surface area contributed by atoms with Crippen LogP contribution in [0.5, 0.6) is 0 Å². The van der Waals surface area contributed by atoms with Gasteiger partial charge >= 0.3 is 0 Å². The molecule has 1 aliphatic rings. The van der Waals surface area contributed by atoms with Gasteiger partial charge < -0.3 is 0 Å². The third-order valence-corrected chi connectivity index (χ3v) is 0.959. The smallest absolute Gasteiger partial charge is 0.0100 e. The quantitative estimate of drug-likeness (QED) is 0.463. The van der Waals surface area contributed by atoms with E-state index in [1.807, 2.05) is 32.1 Å². The summed E-state index contributed by atoms with van der Waals surface area (Å²) >= 11 is 0. The van der Waals surface area contributed by atoms with Crippen LogP contribution in [0.15, 0.2) is 36.5 Å². The van der Waals surface area contributed by atoms with Crippen molar-refractivity contribution in [2.45, 2.75) is 20.3 Å². The minimum absolute atomic E-state index is 1.02. The molecule has 1 aliphatic carbocycles. The van der Waals surface area contributed by atoms with Gasteiger partial charge in [-0.25, -0.2) is 0 Å². The second-order valence-corrected chi connectivity index (χ2v) is 1.65. The maximum atomic E-state index is 3.78. The summed E-state index contributed by atoms with van der Waals surface area (Å²) in [6, 6.07) is 0. The normalized spacial score (nSPS) is 14.7. The zero-order chi connectivity index (χ0) is 7.11. The first kappa shape index (κ1) is 8.22. The monoisotopic (exact) mass is 122 g/mol. The van der Waals surface area contributed by atoms with Crippen molar-refractivity contribution in [3.8, 4) is 0 Å². The van der Waals surface area contributed by atoms with Gasteiger partial charge in [0.25, 0.3) is 0 Å². The summed E-state index contributed by atoms with van der Waals surface area (Å²) in [6.45, 7) is 7.78. The average Bonchev–Trinajstić information content (AvgIpc) is 1.94. The minimum atomic E-state index is 1.02. The zero-order valence-corrected chi connectivity index (χ0v) is 6.22. The summed E-state index contributed by atoms with van der Waals surface area (Å²) in [7, 11) is 0. The van der Waals surface area contributed by atoms with Crippen LogP contribution in [0.1, 0.15) is 20.3 Å². The standard InChI is InChI=1S/C7H8.C2H6/c1-7-5-3-2-4-6-7;1-2/h2-5H,1,6H2;1-2H3. The fourth-order valence-corrected chi connectivity index (χ4v) is 0.558. The van der Waals surface area contributed by atoms with Crippen molar-refractivity contribution in [2.75, 3.05) is 0 Å². The number of allylic oxidation sites excluding steroid dienone is 5. The Bertz CT molecular complexity index is 127. The SMILES string of the molecule is C=C1C=CC=CC1.CC. The van der Waals surface area contributed by atoms with Crippen LogP contribution < -0.4 is 0 Å². The largest absolute Gasteiger partial charge is 0.0955 e. The molecule has 0 saturated heterocycles. The molecule has 0 amide bonds. The van der Waals surface area contributed by atoms with Gasteiger partial charge in [-0.15, -0.1) is 0 Å². The highest BCUT2D eigenvalue weighted by molar-refractivity contribution is 5.26. The van der Waals surface area contributed by atoms with Crippen LogP contribution in [0.2, 0.25) is 0 Å². The highest BCUT2D eigenvalue weighted by Gasteiger charge is 1.84. The van der Waals surface area contributed by atoms with Gasteiger partial charge in [-0.05, 0) is 6.42 Å². The molecule has 0 spiro atoms. The van der Waals surface area contributed by atoms with Crippen molar-refractivity contribution in [1.82, 2.24) is 0 Å². The van der Waals surface area contributed by atoms with Crippen LogP contribution in [0.4, 0.5) is 0 Å². The topological polar surface area (TPSA) is 0 Å². The van der Waals surface area contributed by atoms with Crippen molar-refractivity contribution in [3.05, 3.63) is 36.5 Å². The molecule has 0 atom stereocenters. The Hall–Kier alpha value is -0.780. The molecule has 0 aromatic carbocycles. The maximum Gasteiger partial charge on any atom is -0.0100 e. The third kappa shape index (κ3) is 3.77. The Kier molecular flexibility index (Phi) is 4.89. The summed E-state index contributed by atoms with van der Waals surface area (Å²) in [5.41, 5.74) is 1.20. The first-order chi connectivity index (χ1) is 4.39. The first-order valence-corrected chi connectivity index (χ1v) is 3.40. The average molecular weight is 122 g/mol. The van der Waals surface area contributed by atoms with Gasteiger partial charge in [0.15, 0.2) is 0 Å². The van der Waals surface area contributed by atoms with Crippen LogP contribution in [0.3, 0.4) is 0 Å². The second-order valence-electron chi connectivity index (χ2n) is 1.65. The molecule has 0 fully saturated rings. The summed E-state index contributed by atoms with van der Waals surface area (Å²) in [4.78, 5) is 0. The van der Waals surface area contributed by atoms with Crippen LogP contribution >= 0.6 is 0 Å². The molecule has 0 aliphatic heterocycles. The Morgan fingerprint density at radius 3 is 2.22 bits per heavy atom. The number of rotatable bonds is 0. The van der Waals surface area contributed by atoms with Gasteiger partial charge in [0.05, 0.1) is 0 Å². The molecular weight excluding hydrogens is 108 g/mol. The van der Waals surface area contributed by atoms with E-state index in [1.165, 1.54) is 5.57 Å². The lowest BCUT2D eigenvalue weighted by molar-refractivity contribution is 1.28. The lowest BCUT2D eigenvalue weighted by Crippen LogP contribution is -1.74. The Morgan fingerprint density at radius 1 is 1.33 bits per heavy atom. The van der Waals surface area contributed by atoms with Gasteiger partial charge in [0.1, 0.15) is 0 Å². The Balaban J connectivity index is 0.000000291. The van der Waals surface area contributed by atoms with E-state index in [9.17, 15) is 0 Å². The van der Waals surface area contributed by atoms with Gasteiger partial charge in [-0.1, -0.05) is 50.3 Å². The van der Waals surface area contributed by atoms with E-state index in [-0.39, 0.29) is 0 Å². The maximum absolute atomic E-state index is 3.78. The van der Waals surface area contributed by atoms with E-state index >= 15 is 0 Å². The molecule has 0 bridgehead atoms. The molecule has 0 radical (unpaired) electrons. The number of hydrogen-bond acceptors (Lipinski definition) is 0. The summed E-state index contributed by atoms with van der Waals surface area (Å²) in [6.07, 6.45) is 9.19. The fraction of sp³-hybridized carbons (Fsp3) is 0.333. The van der Waals surface area contributed by atoms with Gasteiger partial charge in [-0.3, -0.25) is 0 Å². The molecule has 0 N–H and O–H groups in total. The van der Waals surface area contributed by atoms with E-state index in [4.69, 9.17) is 0 Å². The molecule has 0 unspecified atom stereocenters. The van der Waals surface area contributed by atoms with E-state index in [0.717, 1.165) is 6.42 Å². The summed E-state index contributed by atoms with van der Waals surface area (Å²) in [5, 5.41) is 0. The lowest BCUT2D eigenvalue weighted by Gasteiger charge is -1.94. The van der Waals surface area contributed by atoms with Crippen LogP contribution in [-0.2, 0) is 0 Å². The summed E-state index contributed by atoms with van der Waals surface area (Å²) in [5.74, 6) is 0. The van der Waals surface area contributed by atoms with Crippen molar-refractivity contribution in [3.63, 3.8) is 0 Å². The van der Waals surface area contributed by atoms with E-state index < -0.39 is 0 Å². The van der Waals surface area contributed by atoms with Crippen molar-refractivity contribution in [1.29, 1.82) is 0 Å². The van der Waals surface area contributed by atoms with Crippen molar-refractivity contribution < 1.29 is 0 Å². The minimum Gasteiger partial charge on any atom is -0.0955 e. The lowest BCUT2D eigenvalue weighted by atomic mass is 10.1. The van der Waals surface area contributed by atoms with Gasteiger partial charge in [0.2, 0.25) is 0 Å². The van der Waals surface area contributed by atoms with E-state index in [2.05, 4.69) is 12.7 Å². The molecule has 0 saturated carbocycles. The Labute approximate surface area is 57.6 Å². The molecule has 0 heterocycles. The highest BCUT2D eigenvalue weighted by atomic mass is 13.9. The van der Waals surface area contributed by atoms with E-state index in [0.29, 0.717) is 0 Å². The van der Waals surface area contributed by atoms with E-state index in [1.54, 1.807) is 0 Å². The number of hydrogen-bond donors (Lipinski definition) is 0. The molecule has 1 rings (SSSR count). The molecule has 0 nitrogen and oxygen atoms in total. The van der Waals surface area contributed by atoms with Gasteiger partial charge in [-0.2, -0.15) is 0 Å². The predicted molar refractivity (Wildman–Crippen MR) is 43.4 cm³/mol. The van der Waals surface area contributed by atoms with Gasteiger partial charge in [0, 0.05) is 0 Å². The first-order valence-electron chi connectivity index (χ1n) is 3.40. The molecule has 0 aromatic rings. The van der Waals surface area contributed by atoms with Crippen molar-refractivity contribution >= 4 is 0 Å². The zero-order valence-electron chi connectivity index (χ0n) is 6.22. The highest BCUT2D eigenvalue weighted by Crippen LogP contribution is 2.05. The molecule has 0 aromatic heterocycles. The van der Waals surface area contributed by atoms with Crippen molar-refractivity contribution in [2.24, 2.45) is 0 Å². The molecule has 9 heavy (non-hydrogen) atoms. The van der Waals surface area contributed by atoms with Crippen LogP contribution in [-0.4, -0.2) is 0 Å². The van der Waals surface area contributed by atoms with Crippen LogP contribution in [0, 0.1) is 0 Å². The molecule has 0 heteroatoms. The second kappa shape index (κ2) is 5.36. The Morgan fingerprint density at radius 2 is 2.00 bits per heavy atom. The predicted octanol–water partition coefficient (Wildman–Crippen LogP) is 3.08.